The van der Waals surface area contributed by atoms with E-state index in [1.54, 1.807) is 61.7 Å². The van der Waals surface area contributed by atoms with E-state index in [0.29, 0.717) is 37.6 Å². The Hall–Kier alpha value is -2.74. The van der Waals surface area contributed by atoms with Crippen molar-refractivity contribution in [2.24, 2.45) is 0 Å². The molecule has 0 aliphatic rings. The molecule has 0 fully saturated rings. The molecule has 0 spiro atoms. The molecule has 0 saturated heterocycles. The van der Waals surface area contributed by atoms with Crippen molar-refractivity contribution in [1.82, 2.24) is 9.55 Å². The number of furan rings is 1. The molecule has 1 unspecified atom stereocenters. The van der Waals surface area contributed by atoms with E-state index in [0.717, 1.165) is 0 Å². The lowest BCUT2D eigenvalue weighted by Crippen LogP contribution is -2.27. The van der Waals surface area contributed by atoms with Crippen LogP contribution in [0.4, 0.5) is 5.69 Å². The fourth-order valence-corrected chi connectivity index (χ4v) is 4.34. The van der Waals surface area contributed by atoms with Crippen molar-refractivity contribution in [2.75, 3.05) is 5.32 Å². The van der Waals surface area contributed by atoms with Crippen LogP contribution in [0.2, 0.25) is 10.0 Å². The molecule has 0 aliphatic heterocycles. The summed E-state index contributed by atoms with van der Waals surface area (Å²) in [5.74, 6) is 0.340. The third kappa shape index (κ3) is 4.79. The highest BCUT2D eigenvalue weighted by atomic mass is 35.5. The highest BCUT2D eigenvalue weighted by molar-refractivity contribution is 8.00. The Morgan fingerprint density at radius 2 is 2.00 bits per heavy atom. The second-order valence-electron chi connectivity index (χ2n) is 6.76. The summed E-state index contributed by atoms with van der Waals surface area (Å²) in [5.41, 5.74) is 0.833. The highest BCUT2D eigenvalue weighted by Gasteiger charge is 2.21. The van der Waals surface area contributed by atoms with Gasteiger partial charge < -0.3 is 9.73 Å². The Morgan fingerprint density at radius 3 is 2.74 bits per heavy atom. The largest absolute Gasteiger partial charge is 0.467 e. The quantitative estimate of drug-likeness (QED) is 0.297. The maximum atomic E-state index is 13.1. The van der Waals surface area contributed by atoms with Crippen LogP contribution < -0.4 is 10.9 Å². The van der Waals surface area contributed by atoms with Crippen molar-refractivity contribution >= 4 is 57.5 Å². The van der Waals surface area contributed by atoms with E-state index in [4.69, 9.17) is 27.6 Å². The molecule has 0 aliphatic carbocycles. The molecular formula is C22H17Cl2N3O3S. The lowest BCUT2D eigenvalue weighted by atomic mass is 10.2. The number of hydrogen-bond acceptors (Lipinski definition) is 5. The van der Waals surface area contributed by atoms with Crippen LogP contribution in [0.1, 0.15) is 12.7 Å². The summed E-state index contributed by atoms with van der Waals surface area (Å²) in [5, 5.41) is 3.99. The van der Waals surface area contributed by atoms with E-state index < -0.39 is 5.25 Å². The molecular weight excluding hydrogens is 457 g/mol. The lowest BCUT2D eigenvalue weighted by molar-refractivity contribution is -0.115. The summed E-state index contributed by atoms with van der Waals surface area (Å²) >= 11 is 13.3. The number of aromatic nitrogens is 2. The molecule has 2 heterocycles. The molecule has 1 amide bonds. The Morgan fingerprint density at radius 1 is 1.19 bits per heavy atom. The number of carbonyl (C=O) groups excluding carboxylic acids is 1. The average Bonchev–Trinajstić information content (AvgIpc) is 3.26. The minimum absolute atomic E-state index is 0.196. The first-order valence-corrected chi connectivity index (χ1v) is 11.0. The van der Waals surface area contributed by atoms with Crippen LogP contribution in [0.3, 0.4) is 0 Å². The number of carbonyl (C=O) groups is 1. The molecule has 0 bridgehead atoms. The summed E-state index contributed by atoms with van der Waals surface area (Å²) in [7, 11) is 0. The van der Waals surface area contributed by atoms with Gasteiger partial charge in [-0.05, 0) is 49.4 Å². The Labute approximate surface area is 192 Å². The molecule has 1 atom stereocenters. The van der Waals surface area contributed by atoms with Gasteiger partial charge in [-0.1, -0.05) is 47.1 Å². The molecule has 31 heavy (non-hydrogen) atoms. The molecule has 2 aromatic carbocycles. The van der Waals surface area contributed by atoms with E-state index in [-0.39, 0.29) is 18.0 Å². The smallest absolute Gasteiger partial charge is 0.262 e. The Bertz CT molecular complexity index is 1310. The lowest BCUT2D eigenvalue weighted by Gasteiger charge is -2.16. The van der Waals surface area contributed by atoms with Gasteiger partial charge in [-0.25, -0.2) is 4.98 Å². The molecule has 0 radical (unpaired) electrons. The van der Waals surface area contributed by atoms with Gasteiger partial charge in [0.05, 0.1) is 39.7 Å². The number of amides is 1. The van der Waals surface area contributed by atoms with Crippen LogP contribution >= 0.6 is 35.0 Å². The summed E-state index contributed by atoms with van der Waals surface area (Å²) < 4.78 is 6.93. The summed E-state index contributed by atoms with van der Waals surface area (Å²) in [6, 6.07) is 15.5. The molecule has 1 N–H and O–H groups in total. The second kappa shape index (κ2) is 9.18. The summed E-state index contributed by atoms with van der Waals surface area (Å²) in [4.78, 5) is 30.5. The standard InChI is InChI=1S/C22H17Cl2N3O3S/c1-13(20(28)25-19-9-8-14(23)11-17(19)24)31-22-26-18-7-3-2-6-16(18)21(29)27(22)12-15-5-4-10-30-15/h2-11,13H,12H2,1H3,(H,25,28). The second-order valence-corrected chi connectivity index (χ2v) is 8.91. The van der Waals surface area contributed by atoms with Gasteiger partial charge in [0.25, 0.3) is 5.56 Å². The maximum Gasteiger partial charge on any atom is 0.262 e. The zero-order valence-corrected chi connectivity index (χ0v) is 18.7. The van der Waals surface area contributed by atoms with Crippen LogP contribution in [0.15, 0.2) is 75.2 Å². The molecule has 2 aromatic heterocycles. The maximum absolute atomic E-state index is 13.1. The minimum atomic E-state index is -0.553. The van der Waals surface area contributed by atoms with Gasteiger partial charge in [0.1, 0.15) is 5.76 Å². The van der Waals surface area contributed by atoms with Crippen LogP contribution in [-0.4, -0.2) is 20.7 Å². The Kier molecular flexibility index (Phi) is 6.36. The zero-order valence-electron chi connectivity index (χ0n) is 16.3. The Balaban J connectivity index is 1.64. The van der Waals surface area contributed by atoms with Crippen LogP contribution in [-0.2, 0) is 11.3 Å². The normalized spacial score (nSPS) is 12.1. The van der Waals surface area contributed by atoms with Crippen molar-refractivity contribution in [3.05, 3.63) is 87.0 Å². The zero-order chi connectivity index (χ0) is 22.0. The van der Waals surface area contributed by atoms with E-state index in [1.165, 1.54) is 16.3 Å². The number of halogens is 2. The molecule has 0 saturated carbocycles. The first-order valence-electron chi connectivity index (χ1n) is 9.37. The average molecular weight is 474 g/mol. The number of benzene rings is 2. The third-order valence-electron chi connectivity index (χ3n) is 4.56. The predicted octanol–water partition coefficient (Wildman–Crippen LogP) is 5.46. The minimum Gasteiger partial charge on any atom is -0.467 e. The van der Waals surface area contributed by atoms with Crippen molar-refractivity contribution in [1.29, 1.82) is 0 Å². The molecule has 158 valence electrons. The van der Waals surface area contributed by atoms with E-state index in [2.05, 4.69) is 10.3 Å². The number of para-hydroxylation sites is 1. The van der Waals surface area contributed by atoms with Crippen molar-refractivity contribution in [2.45, 2.75) is 23.9 Å². The van der Waals surface area contributed by atoms with E-state index in [9.17, 15) is 9.59 Å². The van der Waals surface area contributed by atoms with Gasteiger partial charge in [-0.15, -0.1) is 0 Å². The summed E-state index contributed by atoms with van der Waals surface area (Å²) in [6.07, 6.45) is 1.55. The van der Waals surface area contributed by atoms with Crippen molar-refractivity contribution in [3.8, 4) is 0 Å². The number of anilines is 1. The third-order valence-corrected chi connectivity index (χ3v) is 6.20. The molecule has 6 nitrogen and oxygen atoms in total. The van der Waals surface area contributed by atoms with Gasteiger partial charge in [0.15, 0.2) is 5.16 Å². The SMILES string of the molecule is CC(Sc1nc2ccccc2c(=O)n1Cc1ccco1)C(=O)Nc1ccc(Cl)cc1Cl. The molecule has 9 heteroatoms. The number of thioether (sulfide) groups is 1. The van der Waals surface area contributed by atoms with Crippen LogP contribution in [0, 0.1) is 0 Å². The molecule has 4 aromatic rings. The van der Waals surface area contributed by atoms with Gasteiger partial charge in [-0.3, -0.25) is 14.2 Å². The fourth-order valence-electron chi connectivity index (χ4n) is 2.97. The van der Waals surface area contributed by atoms with Gasteiger partial charge >= 0.3 is 0 Å². The van der Waals surface area contributed by atoms with Crippen molar-refractivity contribution in [3.63, 3.8) is 0 Å². The number of hydrogen-bond donors (Lipinski definition) is 1. The van der Waals surface area contributed by atoms with E-state index in [1.807, 2.05) is 6.07 Å². The number of nitrogens with one attached hydrogen (secondary N) is 1. The van der Waals surface area contributed by atoms with Crippen LogP contribution in [0.5, 0.6) is 0 Å². The molecule has 4 rings (SSSR count). The highest BCUT2D eigenvalue weighted by Crippen LogP contribution is 2.28. The number of rotatable bonds is 6. The van der Waals surface area contributed by atoms with Gasteiger partial charge in [-0.2, -0.15) is 0 Å². The van der Waals surface area contributed by atoms with Gasteiger partial charge in [0.2, 0.25) is 5.91 Å². The summed E-state index contributed by atoms with van der Waals surface area (Å²) in [6.45, 7) is 1.95. The monoisotopic (exact) mass is 473 g/mol. The van der Waals surface area contributed by atoms with Crippen molar-refractivity contribution < 1.29 is 9.21 Å². The predicted molar refractivity (Wildman–Crippen MR) is 124 cm³/mol. The van der Waals surface area contributed by atoms with Crippen LogP contribution in [0.25, 0.3) is 10.9 Å². The fraction of sp³-hybridized carbons (Fsp3) is 0.136. The van der Waals surface area contributed by atoms with E-state index >= 15 is 0 Å². The first kappa shape index (κ1) is 21.5. The number of fused-ring (bicyclic) bond motifs is 1. The topological polar surface area (TPSA) is 77.1 Å². The van der Waals surface area contributed by atoms with Gasteiger partial charge in [0, 0.05) is 5.02 Å². The number of nitrogens with zero attached hydrogens (tertiary/aromatic N) is 2. The first-order chi connectivity index (χ1) is 14.9.